The summed E-state index contributed by atoms with van der Waals surface area (Å²) in [4.78, 5) is 28.5. The van der Waals surface area contributed by atoms with Crippen molar-refractivity contribution < 1.29 is 9.53 Å². The van der Waals surface area contributed by atoms with Gasteiger partial charge in [0, 0.05) is 6.20 Å². The fourth-order valence-corrected chi connectivity index (χ4v) is 2.54. The molecule has 0 unspecified atom stereocenters. The second-order valence-corrected chi connectivity index (χ2v) is 5.02. The first kappa shape index (κ1) is 14.8. The van der Waals surface area contributed by atoms with E-state index in [4.69, 9.17) is 10.5 Å². The zero-order chi connectivity index (χ0) is 16.4. The third kappa shape index (κ3) is 2.66. The average molecular weight is 309 g/mol. The summed E-state index contributed by atoms with van der Waals surface area (Å²) < 4.78 is 6.76. The maximum Gasteiger partial charge on any atom is 0.264 e. The van der Waals surface area contributed by atoms with E-state index in [0.29, 0.717) is 17.0 Å². The predicted molar refractivity (Wildman–Crippen MR) is 86.6 cm³/mol. The van der Waals surface area contributed by atoms with Crippen LogP contribution in [-0.2, 0) is 6.54 Å². The summed E-state index contributed by atoms with van der Waals surface area (Å²) in [6.45, 7) is 0.185. The molecule has 3 aromatic rings. The Labute approximate surface area is 132 Å². The van der Waals surface area contributed by atoms with Gasteiger partial charge in [0.25, 0.3) is 11.5 Å². The quantitative estimate of drug-likeness (QED) is 0.792. The fraction of sp³-hybridized carbons (Fsp3) is 0.118. The van der Waals surface area contributed by atoms with Gasteiger partial charge in [0.2, 0.25) is 0 Å². The van der Waals surface area contributed by atoms with Crippen molar-refractivity contribution in [2.75, 3.05) is 7.11 Å². The highest BCUT2D eigenvalue weighted by Gasteiger charge is 2.15. The minimum Gasteiger partial charge on any atom is -0.495 e. The first-order chi connectivity index (χ1) is 11.1. The molecule has 23 heavy (non-hydrogen) atoms. The zero-order valence-electron chi connectivity index (χ0n) is 12.5. The summed E-state index contributed by atoms with van der Waals surface area (Å²) in [5, 5.41) is 0.760. The summed E-state index contributed by atoms with van der Waals surface area (Å²) in [7, 11) is 1.54. The number of fused-ring (bicyclic) bond motifs is 1. The van der Waals surface area contributed by atoms with Gasteiger partial charge >= 0.3 is 0 Å². The molecule has 6 nitrogen and oxygen atoms in total. The van der Waals surface area contributed by atoms with Crippen molar-refractivity contribution >= 4 is 16.8 Å². The molecule has 0 spiro atoms. The summed E-state index contributed by atoms with van der Waals surface area (Å²) in [5.74, 6) is -0.171. The van der Waals surface area contributed by atoms with Crippen LogP contribution < -0.4 is 16.0 Å². The molecule has 2 heterocycles. The molecule has 116 valence electrons. The molecule has 0 atom stereocenters. The van der Waals surface area contributed by atoms with Crippen molar-refractivity contribution in [3.05, 3.63) is 70.3 Å². The third-order valence-corrected chi connectivity index (χ3v) is 3.64. The number of carbonyl (C=O) groups is 1. The van der Waals surface area contributed by atoms with Crippen LogP contribution in [0.5, 0.6) is 5.75 Å². The lowest BCUT2D eigenvalue weighted by molar-refractivity contribution is 0.0998. The molecular weight excluding hydrogens is 294 g/mol. The predicted octanol–water partition coefficient (Wildman–Crippen LogP) is 1.55. The number of ether oxygens (including phenoxy) is 1. The van der Waals surface area contributed by atoms with Gasteiger partial charge in [-0.05, 0) is 29.7 Å². The number of amides is 1. The van der Waals surface area contributed by atoms with Gasteiger partial charge in [-0.2, -0.15) is 0 Å². The summed E-state index contributed by atoms with van der Waals surface area (Å²) >= 11 is 0. The van der Waals surface area contributed by atoms with Gasteiger partial charge in [0.05, 0.1) is 19.2 Å². The number of primary amides is 1. The highest BCUT2D eigenvalue weighted by atomic mass is 16.5. The molecule has 1 amide bonds. The second kappa shape index (κ2) is 5.92. The first-order valence-electron chi connectivity index (χ1n) is 7.02. The Morgan fingerprint density at radius 3 is 2.78 bits per heavy atom. The molecule has 6 heteroatoms. The number of methoxy groups -OCH3 is 1. The normalized spacial score (nSPS) is 10.7. The number of aromatic nitrogens is 2. The molecule has 3 rings (SSSR count). The highest BCUT2D eigenvalue weighted by molar-refractivity contribution is 5.96. The van der Waals surface area contributed by atoms with E-state index >= 15 is 0 Å². The Balaban J connectivity index is 2.25. The smallest absolute Gasteiger partial charge is 0.264 e. The minimum absolute atomic E-state index is 0.0430. The molecule has 0 saturated carbocycles. The third-order valence-electron chi connectivity index (χ3n) is 3.64. The molecule has 2 aromatic heterocycles. The molecule has 2 N–H and O–H groups in total. The van der Waals surface area contributed by atoms with E-state index in [1.165, 1.54) is 10.6 Å². The minimum atomic E-state index is -0.748. The lowest BCUT2D eigenvalue weighted by Crippen LogP contribution is -2.30. The van der Waals surface area contributed by atoms with Crippen molar-refractivity contribution in [2.24, 2.45) is 5.73 Å². The highest BCUT2D eigenvalue weighted by Crippen LogP contribution is 2.19. The Hall–Kier alpha value is -3.15. The number of hydrogen-bond donors (Lipinski definition) is 1. The van der Waals surface area contributed by atoms with Crippen molar-refractivity contribution in [1.29, 1.82) is 0 Å². The van der Waals surface area contributed by atoms with Crippen LogP contribution in [0.4, 0.5) is 0 Å². The Morgan fingerprint density at radius 2 is 2.04 bits per heavy atom. The zero-order valence-corrected chi connectivity index (χ0v) is 12.5. The standard InChI is InChI=1S/C17H15N3O3/c1-23-15-7-4-8-19-13(15)10-20-14-6-3-2-5-11(14)9-12(16(18)21)17(20)22/h2-9H,10H2,1H3,(H2,18,21). The molecule has 0 bridgehead atoms. The van der Waals surface area contributed by atoms with E-state index in [0.717, 1.165) is 5.39 Å². The number of nitrogens with two attached hydrogens (primary N) is 1. The Morgan fingerprint density at radius 1 is 1.26 bits per heavy atom. The van der Waals surface area contributed by atoms with Gasteiger partial charge < -0.3 is 15.0 Å². The molecule has 0 radical (unpaired) electrons. The molecule has 0 saturated heterocycles. The molecule has 0 aliphatic carbocycles. The van der Waals surface area contributed by atoms with Crippen LogP contribution in [0.3, 0.4) is 0 Å². The maximum atomic E-state index is 12.6. The van der Waals surface area contributed by atoms with E-state index in [2.05, 4.69) is 4.98 Å². The van der Waals surface area contributed by atoms with Crippen LogP contribution in [0.25, 0.3) is 10.9 Å². The second-order valence-electron chi connectivity index (χ2n) is 5.02. The van der Waals surface area contributed by atoms with Gasteiger partial charge in [-0.1, -0.05) is 18.2 Å². The fourth-order valence-electron chi connectivity index (χ4n) is 2.54. The molecular formula is C17H15N3O3. The number of rotatable bonds is 4. The van der Waals surface area contributed by atoms with E-state index in [1.54, 1.807) is 25.4 Å². The van der Waals surface area contributed by atoms with Gasteiger partial charge in [-0.3, -0.25) is 14.6 Å². The number of para-hydroxylation sites is 1. The first-order valence-corrected chi connectivity index (χ1v) is 7.02. The van der Waals surface area contributed by atoms with Crippen LogP contribution in [0.2, 0.25) is 0 Å². The SMILES string of the molecule is COc1cccnc1Cn1c(=O)c(C(N)=O)cc2ccccc21. The Bertz CT molecular complexity index is 947. The lowest BCUT2D eigenvalue weighted by atomic mass is 10.1. The number of carbonyl (C=O) groups excluding carboxylic acids is 1. The van der Waals surface area contributed by atoms with Gasteiger partial charge in [0.15, 0.2) is 0 Å². The topological polar surface area (TPSA) is 87.2 Å². The van der Waals surface area contributed by atoms with Crippen LogP contribution in [-0.4, -0.2) is 22.6 Å². The molecule has 0 fully saturated rings. The summed E-state index contributed by atoms with van der Waals surface area (Å²) in [6, 6.07) is 12.4. The van der Waals surface area contributed by atoms with Crippen LogP contribution in [0.1, 0.15) is 16.1 Å². The van der Waals surface area contributed by atoms with Crippen molar-refractivity contribution in [3.63, 3.8) is 0 Å². The number of benzene rings is 1. The van der Waals surface area contributed by atoms with Crippen molar-refractivity contribution in [3.8, 4) is 5.75 Å². The summed E-state index contributed by atoms with van der Waals surface area (Å²) in [6.07, 6.45) is 1.63. The number of nitrogens with zero attached hydrogens (tertiary/aromatic N) is 2. The maximum absolute atomic E-state index is 12.6. The number of pyridine rings is 2. The van der Waals surface area contributed by atoms with Gasteiger partial charge in [-0.15, -0.1) is 0 Å². The van der Waals surface area contributed by atoms with Crippen LogP contribution >= 0.6 is 0 Å². The average Bonchev–Trinajstić information content (AvgIpc) is 2.57. The van der Waals surface area contributed by atoms with Crippen molar-refractivity contribution in [1.82, 2.24) is 9.55 Å². The Kier molecular flexibility index (Phi) is 3.80. The molecule has 0 aliphatic rings. The van der Waals surface area contributed by atoms with Crippen LogP contribution in [0.15, 0.2) is 53.5 Å². The van der Waals surface area contributed by atoms with Crippen LogP contribution in [0, 0.1) is 0 Å². The lowest BCUT2D eigenvalue weighted by Gasteiger charge is -2.13. The number of hydrogen-bond acceptors (Lipinski definition) is 4. The molecule has 1 aromatic carbocycles. The van der Waals surface area contributed by atoms with E-state index < -0.39 is 11.5 Å². The van der Waals surface area contributed by atoms with Gasteiger partial charge in [0.1, 0.15) is 17.0 Å². The molecule has 0 aliphatic heterocycles. The van der Waals surface area contributed by atoms with Crippen molar-refractivity contribution in [2.45, 2.75) is 6.54 Å². The summed E-state index contributed by atoms with van der Waals surface area (Å²) in [5.41, 5.74) is 6.15. The van der Waals surface area contributed by atoms with Gasteiger partial charge in [-0.25, -0.2) is 0 Å². The van der Waals surface area contributed by atoms with E-state index in [1.807, 2.05) is 24.3 Å². The monoisotopic (exact) mass is 309 g/mol. The van der Waals surface area contributed by atoms with E-state index in [-0.39, 0.29) is 12.1 Å². The van der Waals surface area contributed by atoms with E-state index in [9.17, 15) is 9.59 Å². The largest absolute Gasteiger partial charge is 0.495 e.